The summed E-state index contributed by atoms with van der Waals surface area (Å²) in [4.78, 5) is 14.9. The summed E-state index contributed by atoms with van der Waals surface area (Å²) < 4.78 is 12.1. The summed E-state index contributed by atoms with van der Waals surface area (Å²) in [7, 11) is 1.60. The van der Waals surface area contributed by atoms with Gasteiger partial charge in [0.05, 0.1) is 31.4 Å². The largest absolute Gasteiger partial charge is 0.496 e. The number of hydrogen-bond donors (Lipinski definition) is 0. The number of amides is 1. The highest BCUT2D eigenvalue weighted by Gasteiger charge is 2.37. The van der Waals surface area contributed by atoms with E-state index in [1.165, 1.54) is 12.8 Å². The number of halogens is 1. The van der Waals surface area contributed by atoms with Crippen LogP contribution in [0.5, 0.6) is 5.75 Å². The van der Waals surface area contributed by atoms with E-state index in [0.29, 0.717) is 24.5 Å². The van der Waals surface area contributed by atoms with Gasteiger partial charge in [0.25, 0.3) is 5.91 Å². The minimum absolute atomic E-state index is 0.0494. The van der Waals surface area contributed by atoms with Crippen molar-refractivity contribution in [3.05, 3.63) is 28.2 Å². The van der Waals surface area contributed by atoms with Crippen LogP contribution in [0.15, 0.2) is 22.7 Å². The van der Waals surface area contributed by atoms with Crippen LogP contribution in [0.3, 0.4) is 0 Å². The van der Waals surface area contributed by atoms with Crippen molar-refractivity contribution in [2.45, 2.75) is 37.8 Å². The molecule has 0 bridgehead atoms. The van der Waals surface area contributed by atoms with Gasteiger partial charge in [-0.25, -0.2) is 0 Å². The van der Waals surface area contributed by atoms with Crippen LogP contribution < -0.4 is 4.74 Å². The molecule has 1 aliphatic heterocycles. The van der Waals surface area contributed by atoms with Gasteiger partial charge < -0.3 is 14.4 Å². The zero-order chi connectivity index (χ0) is 14.8. The molecule has 3 rings (SSSR count). The second kappa shape index (κ2) is 6.36. The summed E-state index contributed by atoms with van der Waals surface area (Å²) in [5, 5.41) is 0. The van der Waals surface area contributed by atoms with Gasteiger partial charge in [-0.15, -0.1) is 0 Å². The highest BCUT2D eigenvalue weighted by atomic mass is 79.9. The quantitative estimate of drug-likeness (QED) is 0.819. The lowest BCUT2D eigenvalue weighted by Crippen LogP contribution is -2.54. The lowest BCUT2D eigenvalue weighted by atomic mass is 9.89. The van der Waals surface area contributed by atoms with Crippen molar-refractivity contribution in [1.82, 2.24) is 4.90 Å². The van der Waals surface area contributed by atoms with E-state index < -0.39 is 0 Å². The molecule has 1 aromatic rings. The molecular weight excluding hydrogens is 334 g/mol. The SMILES string of the molecule is COc1ccc(Br)cc1C(=O)N1CCOC2CCCCC21. The number of hydrogen-bond acceptors (Lipinski definition) is 3. The Bertz CT molecular complexity index is 532. The molecule has 21 heavy (non-hydrogen) atoms. The fraction of sp³-hybridized carbons (Fsp3) is 0.562. The molecule has 0 spiro atoms. The molecule has 0 aromatic heterocycles. The fourth-order valence-corrected chi connectivity index (χ4v) is 3.71. The molecule has 2 fully saturated rings. The number of fused-ring (bicyclic) bond motifs is 1. The third-order valence-corrected chi connectivity index (χ3v) is 4.88. The topological polar surface area (TPSA) is 38.8 Å². The molecule has 1 amide bonds. The number of rotatable bonds is 2. The Labute approximate surface area is 133 Å². The van der Waals surface area contributed by atoms with E-state index in [1.54, 1.807) is 7.11 Å². The first kappa shape index (κ1) is 14.9. The first-order valence-electron chi connectivity index (χ1n) is 7.47. The van der Waals surface area contributed by atoms with Crippen LogP contribution in [0.2, 0.25) is 0 Å². The first-order chi connectivity index (χ1) is 10.2. The summed E-state index contributed by atoms with van der Waals surface area (Å²) in [6.45, 7) is 1.29. The summed E-state index contributed by atoms with van der Waals surface area (Å²) >= 11 is 3.44. The lowest BCUT2D eigenvalue weighted by molar-refractivity contribution is -0.0753. The third kappa shape index (κ3) is 2.94. The van der Waals surface area contributed by atoms with Crippen molar-refractivity contribution in [2.75, 3.05) is 20.3 Å². The minimum Gasteiger partial charge on any atom is -0.496 e. The Balaban J connectivity index is 1.88. The summed E-state index contributed by atoms with van der Waals surface area (Å²) in [5.74, 6) is 0.676. The van der Waals surface area contributed by atoms with Crippen LogP contribution in [0.25, 0.3) is 0 Å². The molecule has 4 nitrogen and oxygen atoms in total. The van der Waals surface area contributed by atoms with Crippen LogP contribution in [-0.4, -0.2) is 43.2 Å². The van der Waals surface area contributed by atoms with E-state index in [9.17, 15) is 4.79 Å². The van der Waals surface area contributed by atoms with Crippen LogP contribution in [0, 0.1) is 0 Å². The Morgan fingerprint density at radius 2 is 2.19 bits per heavy atom. The summed E-state index contributed by atoms with van der Waals surface area (Å²) in [5.41, 5.74) is 0.623. The van der Waals surface area contributed by atoms with Gasteiger partial charge in [-0.05, 0) is 31.0 Å². The minimum atomic E-state index is 0.0494. The predicted molar refractivity (Wildman–Crippen MR) is 83.7 cm³/mol. The predicted octanol–water partition coefficient (Wildman–Crippen LogP) is 3.24. The van der Waals surface area contributed by atoms with Gasteiger partial charge in [-0.1, -0.05) is 28.8 Å². The maximum atomic E-state index is 13.0. The highest BCUT2D eigenvalue weighted by molar-refractivity contribution is 9.10. The average Bonchev–Trinajstić information content (AvgIpc) is 2.53. The van der Waals surface area contributed by atoms with Gasteiger partial charge >= 0.3 is 0 Å². The number of ether oxygens (including phenoxy) is 2. The standard InChI is InChI=1S/C16H20BrNO3/c1-20-14-7-6-11(17)10-12(14)16(19)18-8-9-21-15-5-3-2-4-13(15)18/h6-7,10,13,15H,2-5,8-9H2,1H3. The molecule has 114 valence electrons. The van der Waals surface area contributed by atoms with Crippen LogP contribution in [-0.2, 0) is 4.74 Å². The zero-order valence-corrected chi connectivity index (χ0v) is 13.8. The first-order valence-corrected chi connectivity index (χ1v) is 8.26. The smallest absolute Gasteiger partial charge is 0.258 e. The van der Waals surface area contributed by atoms with E-state index in [1.807, 2.05) is 23.1 Å². The van der Waals surface area contributed by atoms with E-state index >= 15 is 0 Å². The number of nitrogens with zero attached hydrogens (tertiary/aromatic N) is 1. The number of benzene rings is 1. The molecule has 1 heterocycles. The monoisotopic (exact) mass is 353 g/mol. The molecule has 1 saturated heterocycles. The van der Waals surface area contributed by atoms with E-state index in [2.05, 4.69) is 15.9 Å². The molecule has 1 saturated carbocycles. The number of carbonyl (C=O) groups is 1. The highest BCUT2D eigenvalue weighted by Crippen LogP contribution is 2.31. The Morgan fingerprint density at radius 1 is 1.38 bits per heavy atom. The van der Waals surface area contributed by atoms with Crippen molar-refractivity contribution >= 4 is 21.8 Å². The second-order valence-electron chi connectivity index (χ2n) is 5.60. The lowest BCUT2D eigenvalue weighted by Gasteiger charge is -2.43. The molecule has 2 aliphatic rings. The molecule has 0 N–H and O–H groups in total. The third-order valence-electron chi connectivity index (χ3n) is 4.38. The van der Waals surface area contributed by atoms with E-state index in [0.717, 1.165) is 17.3 Å². The van der Waals surface area contributed by atoms with Gasteiger partial charge in [-0.3, -0.25) is 4.79 Å². The van der Waals surface area contributed by atoms with Crippen LogP contribution in [0.1, 0.15) is 36.0 Å². The number of methoxy groups -OCH3 is 1. The van der Waals surface area contributed by atoms with Crippen molar-refractivity contribution in [2.24, 2.45) is 0 Å². The molecule has 2 atom stereocenters. The molecule has 1 aromatic carbocycles. The fourth-order valence-electron chi connectivity index (χ4n) is 3.35. The summed E-state index contributed by atoms with van der Waals surface area (Å²) in [6, 6.07) is 5.77. The van der Waals surface area contributed by atoms with Crippen molar-refractivity contribution < 1.29 is 14.3 Å². The maximum Gasteiger partial charge on any atom is 0.258 e. The molecule has 2 unspecified atom stereocenters. The Kier molecular flexibility index (Phi) is 4.50. The van der Waals surface area contributed by atoms with Gasteiger partial charge in [0, 0.05) is 11.0 Å². The molecule has 0 radical (unpaired) electrons. The van der Waals surface area contributed by atoms with E-state index in [4.69, 9.17) is 9.47 Å². The second-order valence-corrected chi connectivity index (χ2v) is 6.52. The van der Waals surface area contributed by atoms with Gasteiger partial charge in [0.2, 0.25) is 0 Å². The Hall–Kier alpha value is -1.07. The van der Waals surface area contributed by atoms with Gasteiger partial charge in [-0.2, -0.15) is 0 Å². The van der Waals surface area contributed by atoms with Crippen molar-refractivity contribution in [1.29, 1.82) is 0 Å². The molecular formula is C16H20BrNO3. The zero-order valence-electron chi connectivity index (χ0n) is 12.2. The van der Waals surface area contributed by atoms with Gasteiger partial charge in [0.1, 0.15) is 5.75 Å². The molecule has 5 heteroatoms. The maximum absolute atomic E-state index is 13.0. The molecule has 1 aliphatic carbocycles. The van der Waals surface area contributed by atoms with Crippen LogP contribution in [0.4, 0.5) is 0 Å². The average molecular weight is 354 g/mol. The van der Waals surface area contributed by atoms with Gasteiger partial charge in [0.15, 0.2) is 0 Å². The van der Waals surface area contributed by atoms with Crippen LogP contribution >= 0.6 is 15.9 Å². The van der Waals surface area contributed by atoms with Crippen molar-refractivity contribution in [3.63, 3.8) is 0 Å². The number of carbonyl (C=O) groups excluding carboxylic acids is 1. The Morgan fingerprint density at radius 3 is 3.00 bits per heavy atom. The van der Waals surface area contributed by atoms with E-state index in [-0.39, 0.29) is 18.1 Å². The summed E-state index contributed by atoms with van der Waals surface area (Å²) in [6.07, 6.45) is 4.67. The normalized spacial score (nSPS) is 25.3. The number of morpholine rings is 1. The van der Waals surface area contributed by atoms with Crippen molar-refractivity contribution in [3.8, 4) is 5.75 Å².